The highest BCUT2D eigenvalue weighted by molar-refractivity contribution is 5.78. The zero-order valence-electron chi connectivity index (χ0n) is 12.0. The Hall–Kier alpha value is -1.39. The average molecular weight is 277 g/mol. The summed E-state index contributed by atoms with van der Waals surface area (Å²) >= 11 is 0. The van der Waals surface area contributed by atoms with E-state index in [1.165, 1.54) is 7.11 Å². The quantitative estimate of drug-likeness (QED) is 0.611. The van der Waals surface area contributed by atoms with Gasteiger partial charge < -0.3 is 14.8 Å². The summed E-state index contributed by atoms with van der Waals surface area (Å²) in [7, 11) is 1.44. The van der Waals surface area contributed by atoms with Crippen molar-refractivity contribution in [2.45, 2.75) is 18.8 Å². The predicted molar refractivity (Wildman–Crippen MR) is 77.6 cm³/mol. The number of benzene rings is 1. The molecule has 110 valence electrons. The van der Waals surface area contributed by atoms with Crippen molar-refractivity contribution < 1.29 is 14.3 Å². The Morgan fingerprint density at radius 3 is 2.90 bits per heavy atom. The van der Waals surface area contributed by atoms with Crippen LogP contribution in [-0.4, -0.2) is 39.4 Å². The van der Waals surface area contributed by atoms with E-state index in [0.717, 1.165) is 38.2 Å². The molecule has 1 N–H and O–H groups in total. The Bertz CT molecular complexity index is 401. The summed E-state index contributed by atoms with van der Waals surface area (Å²) in [5.74, 6) is 0.240. The lowest BCUT2D eigenvalue weighted by Gasteiger charge is -2.16. The van der Waals surface area contributed by atoms with Crippen molar-refractivity contribution in [3.8, 4) is 0 Å². The van der Waals surface area contributed by atoms with Crippen molar-refractivity contribution in [3.05, 3.63) is 35.9 Å². The van der Waals surface area contributed by atoms with Crippen LogP contribution < -0.4 is 5.32 Å². The number of methoxy groups -OCH3 is 1. The van der Waals surface area contributed by atoms with Crippen LogP contribution in [0.4, 0.5) is 0 Å². The number of carbonyl (C=O) groups is 1. The molecular weight excluding hydrogens is 254 g/mol. The van der Waals surface area contributed by atoms with E-state index in [-0.39, 0.29) is 11.9 Å². The molecular formula is C16H23NO3. The maximum absolute atomic E-state index is 11.9. The van der Waals surface area contributed by atoms with E-state index in [1.54, 1.807) is 0 Å². The molecule has 0 bridgehead atoms. The molecule has 2 unspecified atom stereocenters. The van der Waals surface area contributed by atoms with Crippen LogP contribution in [0.15, 0.2) is 30.3 Å². The molecule has 0 aliphatic carbocycles. The first-order valence-electron chi connectivity index (χ1n) is 7.22. The summed E-state index contributed by atoms with van der Waals surface area (Å²) in [6.45, 7) is 3.29. The first kappa shape index (κ1) is 15.0. The Labute approximate surface area is 120 Å². The van der Waals surface area contributed by atoms with E-state index in [2.05, 4.69) is 5.32 Å². The Kier molecular flexibility index (Phi) is 6.02. The molecule has 2 rings (SSSR count). The molecule has 1 aromatic rings. The third-order valence-corrected chi connectivity index (χ3v) is 3.79. The molecule has 4 nitrogen and oxygen atoms in total. The van der Waals surface area contributed by atoms with Gasteiger partial charge >= 0.3 is 5.97 Å². The number of hydrogen-bond donors (Lipinski definition) is 1. The molecule has 20 heavy (non-hydrogen) atoms. The topological polar surface area (TPSA) is 47.6 Å². The molecule has 1 aromatic carbocycles. The molecule has 0 saturated carbocycles. The van der Waals surface area contributed by atoms with Crippen LogP contribution in [0.5, 0.6) is 0 Å². The highest BCUT2D eigenvalue weighted by Gasteiger charge is 2.21. The molecule has 1 aliphatic rings. The monoisotopic (exact) mass is 277 g/mol. The van der Waals surface area contributed by atoms with Crippen molar-refractivity contribution in [3.63, 3.8) is 0 Å². The van der Waals surface area contributed by atoms with Crippen LogP contribution in [0, 0.1) is 5.92 Å². The van der Waals surface area contributed by atoms with E-state index in [0.29, 0.717) is 12.5 Å². The number of ether oxygens (including phenoxy) is 2. The average Bonchev–Trinajstić information content (AvgIpc) is 3.01. The summed E-state index contributed by atoms with van der Waals surface area (Å²) in [5, 5.41) is 3.37. The predicted octanol–water partition coefficient (Wildman–Crippen LogP) is 1.96. The first-order chi connectivity index (χ1) is 9.81. The maximum Gasteiger partial charge on any atom is 0.314 e. The van der Waals surface area contributed by atoms with Gasteiger partial charge in [0.15, 0.2) is 0 Å². The van der Waals surface area contributed by atoms with Gasteiger partial charge in [-0.2, -0.15) is 0 Å². The molecule has 1 heterocycles. The summed E-state index contributed by atoms with van der Waals surface area (Å²) in [6, 6.07) is 9.77. The highest BCUT2D eigenvalue weighted by Crippen LogP contribution is 2.17. The van der Waals surface area contributed by atoms with Crippen LogP contribution in [0.25, 0.3) is 0 Å². The lowest BCUT2D eigenvalue weighted by molar-refractivity contribution is -0.142. The normalized spacial score (nSPS) is 19.8. The fourth-order valence-corrected chi connectivity index (χ4v) is 2.53. The lowest BCUT2D eigenvalue weighted by atomic mass is 9.99. The minimum atomic E-state index is -0.235. The number of rotatable bonds is 7. The second kappa shape index (κ2) is 8.02. The molecule has 1 saturated heterocycles. The Morgan fingerprint density at radius 2 is 2.25 bits per heavy atom. The summed E-state index contributed by atoms with van der Waals surface area (Å²) < 4.78 is 10.3. The van der Waals surface area contributed by atoms with Crippen molar-refractivity contribution >= 4 is 5.97 Å². The molecule has 1 fully saturated rings. The summed E-state index contributed by atoms with van der Waals surface area (Å²) in [4.78, 5) is 11.9. The van der Waals surface area contributed by atoms with E-state index < -0.39 is 0 Å². The summed E-state index contributed by atoms with van der Waals surface area (Å²) in [6.07, 6.45) is 2.25. The molecule has 2 atom stereocenters. The van der Waals surface area contributed by atoms with Gasteiger partial charge in [0.2, 0.25) is 0 Å². The lowest BCUT2D eigenvalue weighted by Crippen LogP contribution is -2.29. The molecule has 0 spiro atoms. The molecule has 0 aromatic heterocycles. The maximum atomic E-state index is 11.9. The molecule has 4 heteroatoms. The van der Waals surface area contributed by atoms with Gasteiger partial charge in [0.05, 0.1) is 13.0 Å². The van der Waals surface area contributed by atoms with Crippen molar-refractivity contribution in [1.29, 1.82) is 0 Å². The smallest absolute Gasteiger partial charge is 0.314 e. The number of hydrogen-bond acceptors (Lipinski definition) is 4. The summed E-state index contributed by atoms with van der Waals surface area (Å²) in [5.41, 5.74) is 0.996. The number of esters is 1. The van der Waals surface area contributed by atoms with E-state index >= 15 is 0 Å². The van der Waals surface area contributed by atoms with Crippen LogP contribution in [0.1, 0.15) is 24.3 Å². The van der Waals surface area contributed by atoms with Crippen molar-refractivity contribution in [2.24, 2.45) is 5.92 Å². The SMILES string of the molecule is COC(=O)C(CNCCC1CCOC1)c1ccccc1. The van der Waals surface area contributed by atoms with Crippen molar-refractivity contribution in [2.75, 3.05) is 33.4 Å². The standard InChI is InChI=1S/C16H23NO3/c1-19-16(18)15(14-5-3-2-4-6-14)11-17-9-7-13-8-10-20-12-13/h2-6,13,15,17H,7-12H2,1H3. The van der Waals surface area contributed by atoms with Crippen LogP contribution in [-0.2, 0) is 14.3 Å². The van der Waals surface area contributed by atoms with Gasteiger partial charge in [0.25, 0.3) is 0 Å². The van der Waals surface area contributed by atoms with E-state index in [1.807, 2.05) is 30.3 Å². The van der Waals surface area contributed by atoms with Crippen molar-refractivity contribution in [1.82, 2.24) is 5.32 Å². The minimum Gasteiger partial charge on any atom is -0.469 e. The number of carbonyl (C=O) groups excluding carboxylic acids is 1. The molecule has 0 radical (unpaired) electrons. The van der Waals surface area contributed by atoms with Gasteiger partial charge in [0, 0.05) is 19.8 Å². The first-order valence-corrected chi connectivity index (χ1v) is 7.22. The largest absolute Gasteiger partial charge is 0.469 e. The van der Waals surface area contributed by atoms with Gasteiger partial charge in [-0.05, 0) is 30.9 Å². The van der Waals surface area contributed by atoms with Crippen LogP contribution >= 0.6 is 0 Å². The second-order valence-electron chi connectivity index (χ2n) is 5.21. The number of nitrogens with one attached hydrogen (secondary N) is 1. The fourth-order valence-electron chi connectivity index (χ4n) is 2.53. The van der Waals surface area contributed by atoms with Gasteiger partial charge in [-0.3, -0.25) is 4.79 Å². The third-order valence-electron chi connectivity index (χ3n) is 3.79. The molecule has 0 amide bonds. The van der Waals surface area contributed by atoms with E-state index in [9.17, 15) is 4.79 Å². The Morgan fingerprint density at radius 1 is 1.45 bits per heavy atom. The molecule has 1 aliphatic heterocycles. The second-order valence-corrected chi connectivity index (χ2v) is 5.21. The minimum absolute atomic E-state index is 0.187. The van der Waals surface area contributed by atoms with Gasteiger partial charge in [-0.15, -0.1) is 0 Å². The zero-order valence-corrected chi connectivity index (χ0v) is 12.0. The van der Waals surface area contributed by atoms with Gasteiger partial charge in [0.1, 0.15) is 0 Å². The highest BCUT2D eigenvalue weighted by atomic mass is 16.5. The zero-order chi connectivity index (χ0) is 14.2. The van der Waals surface area contributed by atoms with Gasteiger partial charge in [-0.1, -0.05) is 30.3 Å². The Balaban J connectivity index is 1.80. The van der Waals surface area contributed by atoms with Crippen LogP contribution in [0.2, 0.25) is 0 Å². The third kappa shape index (κ3) is 4.32. The van der Waals surface area contributed by atoms with E-state index in [4.69, 9.17) is 9.47 Å². The fraction of sp³-hybridized carbons (Fsp3) is 0.562. The van der Waals surface area contributed by atoms with Crippen LogP contribution in [0.3, 0.4) is 0 Å². The van der Waals surface area contributed by atoms with Gasteiger partial charge in [-0.25, -0.2) is 0 Å².